The topological polar surface area (TPSA) is 76.1 Å². The first-order chi connectivity index (χ1) is 12.3. The van der Waals surface area contributed by atoms with E-state index in [1.807, 2.05) is 0 Å². The molecule has 0 saturated heterocycles. The number of nitrogens with zero attached hydrogens (tertiary/aromatic N) is 1. The van der Waals surface area contributed by atoms with Gasteiger partial charge in [0.1, 0.15) is 11.3 Å². The molecule has 136 valence electrons. The zero-order chi connectivity index (χ0) is 18.9. The van der Waals surface area contributed by atoms with Crippen LogP contribution in [0, 0.1) is 5.82 Å². The highest BCUT2D eigenvalue weighted by molar-refractivity contribution is 7.92. The van der Waals surface area contributed by atoms with E-state index in [9.17, 15) is 17.6 Å². The fourth-order valence-electron chi connectivity index (χ4n) is 2.39. The van der Waals surface area contributed by atoms with Gasteiger partial charge in [-0.15, -0.1) is 0 Å². The molecule has 0 fully saturated rings. The van der Waals surface area contributed by atoms with Crippen LogP contribution >= 0.6 is 11.3 Å². The second-order valence-electron chi connectivity index (χ2n) is 6.07. The van der Waals surface area contributed by atoms with Gasteiger partial charge in [0, 0.05) is 0 Å². The maximum absolute atomic E-state index is 13.7. The normalized spacial score (nSPS) is 11.8. The Morgan fingerprint density at radius 2 is 1.88 bits per heavy atom. The lowest BCUT2D eigenvalue weighted by Gasteiger charge is -2.08. The Labute approximate surface area is 154 Å². The van der Waals surface area contributed by atoms with Crippen molar-refractivity contribution in [2.45, 2.75) is 30.4 Å². The van der Waals surface area contributed by atoms with Crippen molar-refractivity contribution in [3.63, 3.8) is 0 Å². The number of hydrogen-bond donors (Lipinski definition) is 1. The summed E-state index contributed by atoms with van der Waals surface area (Å²) >= 11 is 1.20. The molecule has 0 aliphatic carbocycles. The van der Waals surface area contributed by atoms with Gasteiger partial charge in [0.25, 0.3) is 0 Å². The molecule has 26 heavy (non-hydrogen) atoms. The Bertz CT molecular complexity index is 1060. The van der Waals surface area contributed by atoms with Crippen LogP contribution in [0.4, 0.5) is 9.52 Å². The highest BCUT2D eigenvalue weighted by Gasteiger charge is 2.19. The second kappa shape index (κ2) is 7.13. The van der Waals surface area contributed by atoms with Gasteiger partial charge in [-0.2, -0.15) is 0 Å². The number of rotatable bonds is 5. The maximum Gasteiger partial charge on any atom is 0.230 e. The standard InChI is InChI=1S/C18H17FN2O3S2/c1-11(2)26(23,24)13-8-6-12(7-9-13)10-16(22)20-18-21-17-14(19)4-3-5-15(17)25-18/h3-9,11H,10H2,1-2H3,(H,20,21,22). The molecule has 3 aromatic rings. The molecule has 8 heteroatoms. The summed E-state index contributed by atoms with van der Waals surface area (Å²) in [5.74, 6) is -0.731. The minimum Gasteiger partial charge on any atom is -0.302 e. The number of nitrogens with one attached hydrogen (secondary N) is 1. The third-order valence-electron chi connectivity index (χ3n) is 3.85. The van der Waals surface area contributed by atoms with E-state index in [0.29, 0.717) is 15.4 Å². The van der Waals surface area contributed by atoms with Gasteiger partial charge in [0.15, 0.2) is 15.0 Å². The predicted octanol–water partition coefficient (Wildman–Crippen LogP) is 3.80. The lowest BCUT2D eigenvalue weighted by Crippen LogP contribution is -2.15. The average molecular weight is 392 g/mol. The molecule has 3 rings (SSSR count). The van der Waals surface area contributed by atoms with E-state index in [1.165, 1.54) is 29.5 Å². The SMILES string of the molecule is CC(C)S(=O)(=O)c1ccc(CC(=O)Nc2nc3c(F)cccc3s2)cc1. The number of aromatic nitrogens is 1. The third kappa shape index (κ3) is 3.76. The molecule has 5 nitrogen and oxygen atoms in total. The zero-order valence-corrected chi connectivity index (χ0v) is 15.8. The molecule has 0 saturated carbocycles. The van der Waals surface area contributed by atoms with Crippen molar-refractivity contribution < 1.29 is 17.6 Å². The summed E-state index contributed by atoms with van der Waals surface area (Å²) in [6.45, 7) is 3.25. The summed E-state index contributed by atoms with van der Waals surface area (Å²) in [4.78, 5) is 16.5. The van der Waals surface area contributed by atoms with Crippen LogP contribution in [0.15, 0.2) is 47.4 Å². The summed E-state index contributed by atoms with van der Waals surface area (Å²) in [6, 6.07) is 10.9. The molecule has 0 spiro atoms. The number of sulfone groups is 1. The van der Waals surface area contributed by atoms with Crippen LogP contribution in [0.25, 0.3) is 10.2 Å². The van der Waals surface area contributed by atoms with Crippen molar-refractivity contribution in [2.24, 2.45) is 0 Å². The molecule has 1 N–H and O–H groups in total. The smallest absolute Gasteiger partial charge is 0.230 e. The van der Waals surface area contributed by atoms with Gasteiger partial charge < -0.3 is 5.32 Å². The molecule has 0 bridgehead atoms. The van der Waals surface area contributed by atoms with E-state index in [0.717, 1.165) is 0 Å². The zero-order valence-electron chi connectivity index (χ0n) is 14.2. The van der Waals surface area contributed by atoms with E-state index in [2.05, 4.69) is 10.3 Å². The molecule has 0 unspecified atom stereocenters. The van der Waals surface area contributed by atoms with Gasteiger partial charge in [-0.25, -0.2) is 17.8 Å². The summed E-state index contributed by atoms with van der Waals surface area (Å²) < 4.78 is 38.5. The number of fused-ring (bicyclic) bond motifs is 1. The number of thiazole rings is 1. The molecule has 0 aliphatic heterocycles. The lowest BCUT2D eigenvalue weighted by molar-refractivity contribution is -0.115. The molecule has 1 heterocycles. The predicted molar refractivity (Wildman–Crippen MR) is 101 cm³/mol. The fourth-order valence-corrected chi connectivity index (χ4v) is 4.34. The minimum absolute atomic E-state index is 0.0699. The van der Waals surface area contributed by atoms with E-state index in [-0.39, 0.29) is 22.7 Å². The van der Waals surface area contributed by atoms with Gasteiger partial charge in [-0.05, 0) is 43.7 Å². The Morgan fingerprint density at radius 3 is 2.50 bits per heavy atom. The molecule has 1 amide bonds. The highest BCUT2D eigenvalue weighted by Crippen LogP contribution is 2.27. The lowest BCUT2D eigenvalue weighted by atomic mass is 10.1. The molecule has 0 atom stereocenters. The van der Waals surface area contributed by atoms with Gasteiger partial charge in [-0.1, -0.05) is 29.5 Å². The number of benzene rings is 2. The van der Waals surface area contributed by atoms with Crippen LogP contribution in [0.1, 0.15) is 19.4 Å². The van der Waals surface area contributed by atoms with Crippen molar-refractivity contribution in [1.82, 2.24) is 4.98 Å². The molecule has 0 aliphatic rings. The number of hydrogen-bond acceptors (Lipinski definition) is 5. The van der Waals surface area contributed by atoms with Gasteiger partial charge >= 0.3 is 0 Å². The van der Waals surface area contributed by atoms with Crippen LogP contribution in [0.5, 0.6) is 0 Å². The first kappa shape index (κ1) is 18.5. The van der Waals surface area contributed by atoms with E-state index in [4.69, 9.17) is 0 Å². The monoisotopic (exact) mass is 392 g/mol. The molecular weight excluding hydrogens is 375 g/mol. The van der Waals surface area contributed by atoms with Crippen LogP contribution in [-0.4, -0.2) is 24.6 Å². The van der Waals surface area contributed by atoms with Crippen LogP contribution in [-0.2, 0) is 21.1 Å². The Balaban J connectivity index is 1.70. The van der Waals surface area contributed by atoms with Crippen LogP contribution in [0.2, 0.25) is 0 Å². The number of para-hydroxylation sites is 1. The summed E-state index contributed by atoms with van der Waals surface area (Å²) in [5, 5.41) is 2.48. The number of amides is 1. The van der Waals surface area contributed by atoms with Crippen molar-refractivity contribution in [3.8, 4) is 0 Å². The van der Waals surface area contributed by atoms with Crippen molar-refractivity contribution in [3.05, 3.63) is 53.8 Å². The van der Waals surface area contributed by atoms with Crippen molar-refractivity contribution in [2.75, 3.05) is 5.32 Å². The minimum atomic E-state index is -3.33. The van der Waals surface area contributed by atoms with E-state index in [1.54, 1.807) is 38.1 Å². The van der Waals surface area contributed by atoms with E-state index < -0.39 is 20.9 Å². The molecular formula is C18H17FN2O3S2. The number of anilines is 1. The number of halogens is 1. The summed E-state index contributed by atoms with van der Waals surface area (Å²) in [5.41, 5.74) is 0.911. The van der Waals surface area contributed by atoms with Crippen molar-refractivity contribution >= 4 is 42.4 Å². The van der Waals surface area contributed by atoms with E-state index >= 15 is 0 Å². The average Bonchev–Trinajstić information content (AvgIpc) is 2.99. The Hall–Kier alpha value is -2.32. The van der Waals surface area contributed by atoms with Crippen LogP contribution < -0.4 is 5.32 Å². The number of carbonyl (C=O) groups excluding carboxylic acids is 1. The first-order valence-corrected chi connectivity index (χ1v) is 10.3. The summed E-state index contributed by atoms with van der Waals surface area (Å²) in [7, 11) is -3.33. The highest BCUT2D eigenvalue weighted by atomic mass is 32.2. The largest absolute Gasteiger partial charge is 0.302 e. The molecule has 0 radical (unpaired) electrons. The van der Waals surface area contributed by atoms with Gasteiger partial charge in [-0.3, -0.25) is 4.79 Å². The van der Waals surface area contributed by atoms with Crippen molar-refractivity contribution in [1.29, 1.82) is 0 Å². The third-order valence-corrected chi connectivity index (χ3v) is 6.96. The Kier molecular flexibility index (Phi) is 5.06. The molecule has 2 aromatic carbocycles. The second-order valence-corrected chi connectivity index (χ2v) is 9.60. The quantitative estimate of drug-likeness (QED) is 0.717. The van der Waals surface area contributed by atoms with Crippen LogP contribution in [0.3, 0.4) is 0 Å². The molecule has 1 aromatic heterocycles. The Morgan fingerprint density at radius 1 is 1.19 bits per heavy atom. The maximum atomic E-state index is 13.7. The number of carbonyl (C=O) groups is 1. The fraction of sp³-hybridized carbons (Fsp3) is 0.222. The van der Waals surface area contributed by atoms with Gasteiger partial charge in [0.05, 0.1) is 21.3 Å². The van der Waals surface area contributed by atoms with Gasteiger partial charge in [0.2, 0.25) is 5.91 Å². The summed E-state index contributed by atoms with van der Waals surface area (Å²) in [6.07, 6.45) is 0.0699. The first-order valence-electron chi connectivity index (χ1n) is 7.95.